The zero-order valence-corrected chi connectivity index (χ0v) is 10.6. The Morgan fingerprint density at radius 1 is 1.40 bits per heavy atom. The zero-order valence-electron chi connectivity index (χ0n) is 10.6. The maximum absolute atomic E-state index is 12.6. The van der Waals surface area contributed by atoms with Crippen molar-refractivity contribution < 1.29 is 17.9 Å². The first-order chi connectivity index (χ1) is 9.47. The van der Waals surface area contributed by atoms with E-state index >= 15 is 0 Å². The van der Waals surface area contributed by atoms with Gasteiger partial charge in [-0.15, -0.1) is 0 Å². The highest BCUT2D eigenvalue weighted by Crippen LogP contribution is 2.38. The van der Waals surface area contributed by atoms with Gasteiger partial charge in [-0.1, -0.05) is 0 Å². The molecule has 1 aromatic heterocycles. The predicted octanol–water partition coefficient (Wildman–Crippen LogP) is 1.41. The van der Waals surface area contributed by atoms with Crippen molar-refractivity contribution in [1.82, 2.24) is 9.97 Å². The molecule has 1 aliphatic heterocycles. The summed E-state index contributed by atoms with van der Waals surface area (Å²) in [7, 11) is 0. The van der Waals surface area contributed by atoms with Crippen LogP contribution >= 0.6 is 0 Å². The van der Waals surface area contributed by atoms with Crippen LogP contribution in [0.4, 0.5) is 19.1 Å². The molecule has 1 saturated carbocycles. The molecule has 0 spiro atoms. The Kier molecular flexibility index (Phi) is 3.29. The van der Waals surface area contributed by atoms with E-state index in [0.717, 1.165) is 25.1 Å². The molecule has 3 rings (SSSR count). The van der Waals surface area contributed by atoms with E-state index in [1.54, 1.807) is 0 Å². The Morgan fingerprint density at radius 3 is 2.95 bits per heavy atom. The van der Waals surface area contributed by atoms with Gasteiger partial charge in [0, 0.05) is 24.8 Å². The first-order valence-corrected chi connectivity index (χ1v) is 6.51. The normalized spacial score (nSPS) is 33.2. The minimum Gasteiger partial charge on any atom is -0.376 e. The molecule has 5 nitrogen and oxygen atoms in total. The van der Waals surface area contributed by atoms with Gasteiger partial charge in [0.2, 0.25) is 5.95 Å². The third kappa shape index (κ3) is 2.33. The number of nitrogens with one attached hydrogen (secondary N) is 1. The molecule has 8 heteroatoms. The highest BCUT2D eigenvalue weighted by Gasteiger charge is 2.50. The summed E-state index contributed by atoms with van der Waals surface area (Å²) in [6.45, 7) is 0.662. The SMILES string of the molecule is NC1C2CCCOC2C1Nc1nccc(C(F)(F)F)n1. The number of ether oxygens (including phenoxy) is 1. The largest absolute Gasteiger partial charge is 0.433 e. The van der Waals surface area contributed by atoms with E-state index in [-0.39, 0.29) is 30.1 Å². The molecule has 1 aromatic rings. The third-order valence-corrected chi connectivity index (χ3v) is 3.92. The van der Waals surface area contributed by atoms with E-state index in [2.05, 4.69) is 15.3 Å². The number of nitrogens with two attached hydrogens (primary N) is 1. The van der Waals surface area contributed by atoms with Crippen molar-refractivity contribution in [2.24, 2.45) is 11.7 Å². The fraction of sp³-hybridized carbons (Fsp3) is 0.667. The van der Waals surface area contributed by atoms with Gasteiger partial charge in [-0.25, -0.2) is 9.97 Å². The Hall–Kier alpha value is -1.41. The fourth-order valence-electron chi connectivity index (χ4n) is 2.86. The number of rotatable bonds is 2. The molecule has 0 aromatic carbocycles. The lowest BCUT2D eigenvalue weighted by atomic mass is 9.69. The van der Waals surface area contributed by atoms with Crippen LogP contribution in [0.5, 0.6) is 0 Å². The van der Waals surface area contributed by atoms with Gasteiger partial charge < -0.3 is 15.8 Å². The van der Waals surface area contributed by atoms with Crippen LogP contribution in [-0.2, 0) is 10.9 Å². The standard InChI is InChI=1S/C12H15F3N4O/c13-12(14,15)7-3-4-17-11(18-7)19-9-8(16)6-2-1-5-20-10(6)9/h3-4,6,8-10H,1-2,5,16H2,(H,17,18,19). The molecule has 2 aliphatic rings. The second-order valence-electron chi connectivity index (χ2n) is 5.15. The number of aromatic nitrogens is 2. The number of hydrogen-bond donors (Lipinski definition) is 2. The quantitative estimate of drug-likeness (QED) is 0.861. The fourth-order valence-corrected chi connectivity index (χ4v) is 2.86. The van der Waals surface area contributed by atoms with Crippen LogP contribution < -0.4 is 11.1 Å². The Morgan fingerprint density at radius 2 is 2.20 bits per heavy atom. The van der Waals surface area contributed by atoms with Crippen molar-refractivity contribution >= 4 is 5.95 Å². The highest BCUT2D eigenvalue weighted by molar-refractivity contribution is 5.32. The first-order valence-electron chi connectivity index (χ1n) is 6.51. The summed E-state index contributed by atoms with van der Waals surface area (Å²) in [5.74, 6) is 0.208. The van der Waals surface area contributed by atoms with E-state index in [0.29, 0.717) is 6.61 Å². The maximum atomic E-state index is 12.6. The summed E-state index contributed by atoms with van der Waals surface area (Å²) in [6, 6.07) is 0.466. The zero-order chi connectivity index (χ0) is 14.3. The molecule has 0 amide bonds. The Balaban J connectivity index is 1.72. The van der Waals surface area contributed by atoms with Crippen molar-refractivity contribution in [3.63, 3.8) is 0 Å². The summed E-state index contributed by atoms with van der Waals surface area (Å²) in [4.78, 5) is 7.29. The van der Waals surface area contributed by atoms with E-state index in [4.69, 9.17) is 10.5 Å². The summed E-state index contributed by atoms with van der Waals surface area (Å²) < 4.78 is 43.3. The van der Waals surface area contributed by atoms with E-state index in [1.165, 1.54) is 0 Å². The summed E-state index contributed by atoms with van der Waals surface area (Å²) in [5, 5.41) is 2.87. The number of anilines is 1. The van der Waals surface area contributed by atoms with Crippen molar-refractivity contribution in [2.45, 2.75) is 37.2 Å². The van der Waals surface area contributed by atoms with Gasteiger partial charge in [0.25, 0.3) is 0 Å². The second-order valence-corrected chi connectivity index (χ2v) is 5.15. The van der Waals surface area contributed by atoms with Gasteiger partial charge in [-0.3, -0.25) is 0 Å². The number of halogens is 3. The summed E-state index contributed by atoms with van der Waals surface area (Å²) in [6.07, 6.45) is -1.49. The Bertz CT molecular complexity index is 496. The van der Waals surface area contributed by atoms with Crippen molar-refractivity contribution in [3.8, 4) is 0 Å². The minimum atomic E-state index is -4.48. The van der Waals surface area contributed by atoms with Crippen molar-refractivity contribution in [3.05, 3.63) is 18.0 Å². The molecule has 2 fully saturated rings. The number of hydrogen-bond acceptors (Lipinski definition) is 5. The van der Waals surface area contributed by atoms with Gasteiger partial charge in [0.05, 0.1) is 12.1 Å². The van der Waals surface area contributed by atoms with Crippen LogP contribution in [0, 0.1) is 5.92 Å². The van der Waals surface area contributed by atoms with Crippen LogP contribution in [0.3, 0.4) is 0 Å². The monoisotopic (exact) mass is 288 g/mol. The molecule has 0 bridgehead atoms. The molecular weight excluding hydrogens is 273 g/mol. The van der Waals surface area contributed by atoms with Crippen LogP contribution in [0.25, 0.3) is 0 Å². The average molecular weight is 288 g/mol. The molecule has 3 N–H and O–H groups in total. The van der Waals surface area contributed by atoms with Gasteiger partial charge >= 0.3 is 6.18 Å². The van der Waals surface area contributed by atoms with E-state index < -0.39 is 11.9 Å². The molecule has 4 unspecified atom stereocenters. The molecule has 2 heterocycles. The van der Waals surface area contributed by atoms with Crippen LogP contribution in [0.1, 0.15) is 18.5 Å². The average Bonchev–Trinajstić information content (AvgIpc) is 2.44. The van der Waals surface area contributed by atoms with E-state index in [1.807, 2.05) is 0 Å². The van der Waals surface area contributed by atoms with Gasteiger partial charge in [0.1, 0.15) is 5.69 Å². The van der Waals surface area contributed by atoms with Crippen molar-refractivity contribution in [1.29, 1.82) is 0 Å². The van der Waals surface area contributed by atoms with Gasteiger partial charge in [-0.2, -0.15) is 13.2 Å². The molecule has 1 saturated heterocycles. The first kappa shape index (κ1) is 13.6. The summed E-state index contributed by atoms with van der Waals surface area (Å²) in [5.41, 5.74) is 5.06. The lowest BCUT2D eigenvalue weighted by Gasteiger charge is -2.52. The predicted molar refractivity (Wildman–Crippen MR) is 64.9 cm³/mol. The van der Waals surface area contributed by atoms with Crippen LogP contribution in [0.15, 0.2) is 12.3 Å². The third-order valence-electron chi connectivity index (χ3n) is 3.92. The summed E-state index contributed by atoms with van der Waals surface area (Å²) >= 11 is 0. The number of fused-ring (bicyclic) bond motifs is 1. The molecular formula is C12H15F3N4O. The maximum Gasteiger partial charge on any atom is 0.433 e. The smallest absolute Gasteiger partial charge is 0.376 e. The van der Waals surface area contributed by atoms with E-state index in [9.17, 15) is 13.2 Å². The minimum absolute atomic E-state index is 0.0584. The Labute approximate surface area is 113 Å². The van der Waals surface area contributed by atoms with Gasteiger partial charge in [-0.05, 0) is 18.9 Å². The second kappa shape index (κ2) is 4.85. The molecule has 110 valence electrons. The highest BCUT2D eigenvalue weighted by atomic mass is 19.4. The van der Waals surface area contributed by atoms with Crippen LogP contribution in [-0.4, -0.2) is 34.8 Å². The van der Waals surface area contributed by atoms with Crippen LogP contribution in [0.2, 0.25) is 0 Å². The number of nitrogens with zero attached hydrogens (tertiary/aromatic N) is 2. The lowest BCUT2D eigenvalue weighted by Crippen LogP contribution is -2.69. The lowest BCUT2D eigenvalue weighted by molar-refractivity contribution is -0.141. The molecule has 20 heavy (non-hydrogen) atoms. The van der Waals surface area contributed by atoms with Gasteiger partial charge in [0.15, 0.2) is 0 Å². The number of alkyl halides is 3. The molecule has 1 aliphatic carbocycles. The molecule has 4 atom stereocenters. The van der Waals surface area contributed by atoms with Crippen molar-refractivity contribution in [2.75, 3.05) is 11.9 Å². The molecule has 0 radical (unpaired) electrons. The topological polar surface area (TPSA) is 73.1 Å².